The third kappa shape index (κ3) is 4.87. The van der Waals surface area contributed by atoms with E-state index in [0.29, 0.717) is 22.7 Å². The Morgan fingerprint density at radius 1 is 1.16 bits per heavy atom. The average Bonchev–Trinajstić information content (AvgIpc) is 2.62. The van der Waals surface area contributed by atoms with Crippen LogP contribution < -0.4 is 14.8 Å². The first-order valence-electron chi connectivity index (χ1n) is 7.94. The molecule has 0 aliphatic carbocycles. The van der Waals surface area contributed by atoms with Gasteiger partial charge in [0.25, 0.3) is 0 Å². The van der Waals surface area contributed by atoms with Crippen LogP contribution in [0.15, 0.2) is 36.4 Å². The van der Waals surface area contributed by atoms with E-state index in [1.54, 1.807) is 37.4 Å². The number of aliphatic hydroxyl groups is 1. The van der Waals surface area contributed by atoms with Crippen LogP contribution in [0.2, 0.25) is 0 Å². The standard InChI is InChI=1S/C19H23NO5/c1-12-4-7-17(22)15(10-12)20-19(23)9-8-16(21)14-6-5-13(24-2)11-18(14)25-3/h4-7,10-11,16,21-22H,8-9H2,1-3H3,(H,20,23). The maximum atomic E-state index is 12.1. The molecule has 6 heteroatoms. The van der Waals surface area contributed by atoms with Crippen molar-refractivity contribution in [3.05, 3.63) is 47.5 Å². The highest BCUT2D eigenvalue weighted by Crippen LogP contribution is 2.32. The van der Waals surface area contributed by atoms with Gasteiger partial charge in [0.05, 0.1) is 26.0 Å². The van der Waals surface area contributed by atoms with Gasteiger partial charge in [0.2, 0.25) is 5.91 Å². The third-order valence-electron chi connectivity index (χ3n) is 3.87. The van der Waals surface area contributed by atoms with Gasteiger partial charge in [0, 0.05) is 18.1 Å². The zero-order valence-electron chi connectivity index (χ0n) is 14.6. The number of phenols is 1. The van der Waals surface area contributed by atoms with Gasteiger partial charge in [-0.2, -0.15) is 0 Å². The first-order valence-corrected chi connectivity index (χ1v) is 7.94. The van der Waals surface area contributed by atoms with Gasteiger partial charge < -0.3 is 25.0 Å². The molecule has 134 valence electrons. The molecule has 0 fully saturated rings. The maximum Gasteiger partial charge on any atom is 0.224 e. The van der Waals surface area contributed by atoms with Crippen molar-refractivity contribution >= 4 is 11.6 Å². The summed E-state index contributed by atoms with van der Waals surface area (Å²) in [7, 11) is 3.06. The molecule has 0 aromatic heterocycles. The summed E-state index contributed by atoms with van der Waals surface area (Å²) in [6.45, 7) is 1.87. The molecule has 1 atom stereocenters. The SMILES string of the molecule is COc1ccc(C(O)CCC(=O)Nc2cc(C)ccc2O)c(OC)c1. The number of aromatic hydroxyl groups is 1. The number of methoxy groups -OCH3 is 2. The van der Waals surface area contributed by atoms with Crippen LogP contribution in [0.5, 0.6) is 17.2 Å². The summed E-state index contributed by atoms with van der Waals surface area (Å²) in [6.07, 6.45) is -0.525. The molecule has 0 aliphatic heterocycles. The summed E-state index contributed by atoms with van der Waals surface area (Å²) in [5, 5.41) is 22.8. The lowest BCUT2D eigenvalue weighted by Gasteiger charge is -2.16. The van der Waals surface area contributed by atoms with Crippen molar-refractivity contribution < 1.29 is 24.5 Å². The minimum absolute atomic E-state index is 0.0105. The third-order valence-corrected chi connectivity index (χ3v) is 3.87. The van der Waals surface area contributed by atoms with Crippen LogP contribution in [0.4, 0.5) is 5.69 Å². The van der Waals surface area contributed by atoms with Crippen LogP contribution in [0.3, 0.4) is 0 Å². The number of anilines is 1. The fourth-order valence-corrected chi connectivity index (χ4v) is 2.48. The van der Waals surface area contributed by atoms with Gasteiger partial charge >= 0.3 is 0 Å². The van der Waals surface area contributed by atoms with E-state index in [1.165, 1.54) is 13.2 Å². The number of aliphatic hydroxyl groups excluding tert-OH is 1. The minimum Gasteiger partial charge on any atom is -0.506 e. The van der Waals surface area contributed by atoms with E-state index >= 15 is 0 Å². The predicted molar refractivity (Wildman–Crippen MR) is 95.2 cm³/mol. The van der Waals surface area contributed by atoms with Crippen LogP contribution in [-0.2, 0) is 4.79 Å². The monoisotopic (exact) mass is 345 g/mol. The van der Waals surface area contributed by atoms with Crippen LogP contribution in [-0.4, -0.2) is 30.3 Å². The van der Waals surface area contributed by atoms with Crippen molar-refractivity contribution in [3.63, 3.8) is 0 Å². The predicted octanol–water partition coefficient (Wildman–Crippen LogP) is 3.17. The maximum absolute atomic E-state index is 12.1. The normalized spacial score (nSPS) is 11.7. The molecule has 0 saturated heterocycles. The number of carbonyl (C=O) groups excluding carboxylic acids is 1. The second-order valence-corrected chi connectivity index (χ2v) is 5.73. The van der Waals surface area contributed by atoms with E-state index in [1.807, 2.05) is 6.92 Å². The van der Waals surface area contributed by atoms with Gasteiger partial charge in [-0.25, -0.2) is 0 Å². The Hall–Kier alpha value is -2.73. The number of rotatable bonds is 7. The van der Waals surface area contributed by atoms with E-state index in [-0.39, 0.29) is 24.5 Å². The number of benzene rings is 2. The van der Waals surface area contributed by atoms with E-state index in [4.69, 9.17) is 9.47 Å². The molecule has 2 rings (SSSR count). The molecule has 1 unspecified atom stereocenters. The Kier molecular flexibility index (Phi) is 6.25. The van der Waals surface area contributed by atoms with Gasteiger partial charge in [-0.3, -0.25) is 4.79 Å². The zero-order chi connectivity index (χ0) is 18.4. The van der Waals surface area contributed by atoms with Crippen LogP contribution in [0.1, 0.15) is 30.1 Å². The lowest BCUT2D eigenvalue weighted by Crippen LogP contribution is -2.13. The summed E-state index contributed by atoms with van der Waals surface area (Å²) in [6, 6.07) is 10.1. The topological polar surface area (TPSA) is 88.0 Å². The molecular weight excluding hydrogens is 322 g/mol. The quantitative estimate of drug-likeness (QED) is 0.671. The second kappa shape index (κ2) is 8.39. The second-order valence-electron chi connectivity index (χ2n) is 5.73. The number of hydrogen-bond donors (Lipinski definition) is 3. The lowest BCUT2D eigenvalue weighted by molar-refractivity contribution is -0.116. The number of ether oxygens (including phenoxy) is 2. The molecular formula is C19H23NO5. The average molecular weight is 345 g/mol. The van der Waals surface area contributed by atoms with Gasteiger partial charge in [0.1, 0.15) is 17.2 Å². The molecule has 1 amide bonds. The Labute approximate surface area is 147 Å². The minimum atomic E-state index is -0.849. The van der Waals surface area contributed by atoms with E-state index in [9.17, 15) is 15.0 Å². The first kappa shape index (κ1) is 18.6. The van der Waals surface area contributed by atoms with Crippen molar-refractivity contribution in [2.24, 2.45) is 0 Å². The van der Waals surface area contributed by atoms with Crippen molar-refractivity contribution in [1.82, 2.24) is 0 Å². The Morgan fingerprint density at radius 3 is 2.60 bits per heavy atom. The van der Waals surface area contributed by atoms with Gasteiger partial charge in [0.15, 0.2) is 0 Å². The van der Waals surface area contributed by atoms with E-state index < -0.39 is 6.10 Å². The van der Waals surface area contributed by atoms with Gasteiger partial charge in [-0.05, 0) is 43.2 Å². The number of aryl methyl sites for hydroxylation is 1. The Balaban J connectivity index is 1.98. The number of nitrogens with one attached hydrogen (secondary N) is 1. The molecule has 0 radical (unpaired) electrons. The number of phenolic OH excluding ortho intramolecular Hbond substituents is 1. The molecule has 0 aliphatic rings. The van der Waals surface area contributed by atoms with Gasteiger partial charge in [-0.1, -0.05) is 6.07 Å². The fraction of sp³-hybridized carbons (Fsp3) is 0.316. The van der Waals surface area contributed by atoms with Crippen LogP contribution >= 0.6 is 0 Å². The Morgan fingerprint density at radius 2 is 1.92 bits per heavy atom. The molecule has 0 spiro atoms. The van der Waals surface area contributed by atoms with E-state index in [2.05, 4.69) is 5.32 Å². The van der Waals surface area contributed by atoms with Crippen molar-refractivity contribution in [2.45, 2.75) is 25.9 Å². The van der Waals surface area contributed by atoms with Gasteiger partial charge in [-0.15, -0.1) is 0 Å². The van der Waals surface area contributed by atoms with Crippen molar-refractivity contribution in [2.75, 3.05) is 19.5 Å². The van der Waals surface area contributed by atoms with Crippen molar-refractivity contribution in [3.8, 4) is 17.2 Å². The molecule has 0 bridgehead atoms. The smallest absolute Gasteiger partial charge is 0.224 e. The van der Waals surface area contributed by atoms with Crippen LogP contribution in [0.25, 0.3) is 0 Å². The van der Waals surface area contributed by atoms with E-state index in [0.717, 1.165) is 5.56 Å². The summed E-state index contributed by atoms with van der Waals surface area (Å²) in [4.78, 5) is 12.1. The summed E-state index contributed by atoms with van der Waals surface area (Å²) in [5.41, 5.74) is 1.88. The molecule has 25 heavy (non-hydrogen) atoms. The number of hydrogen-bond acceptors (Lipinski definition) is 5. The molecule has 0 heterocycles. The summed E-state index contributed by atoms with van der Waals surface area (Å²) in [5.74, 6) is 0.854. The molecule has 2 aromatic rings. The Bertz CT molecular complexity index is 745. The van der Waals surface area contributed by atoms with Crippen LogP contribution in [0, 0.1) is 6.92 Å². The first-order chi connectivity index (χ1) is 11.9. The highest BCUT2D eigenvalue weighted by atomic mass is 16.5. The molecule has 2 aromatic carbocycles. The molecule has 3 N–H and O–H groups in total. The van der Waals surface area contributed by atoms with Crippen molar-refractivity contribution in [1.29, 1.82) is 0 Å². The summed E-state index contributed by atoms with van der Waals surface area (Å²) < 4.78 is 10.4. The molecule has 0 saturated carbocycles. The highest BCUT2D eigenvalue weighted by Gasteiger charge is 2.16. The number of amides is 1. The zero-order valence-corrected chi connectivity index (χ0v) is 14.6. The molecule has 6 nitrogen and oxygen atoms in total. The number of carbonyl (C=O) groups is 1. The highest BCUT2D eigenvalue weighted by molar-refractivity contribution is 5.92. The summed E-state index contributed by atoms with van der Waals surface area (Å²) >= 11 is 0. The largest absolute Gasteiger partial charge is 0.506 e. The lowest BCUT2D eigenvalue weighted by atomic mass is 10.0. The fourth-order valence-electron chi connectivity index (χ4n) is 2.48.